The highest BCUT2D eigenvalue weighted by Crippen LogP contribution is 2.45. The Balaban J connectivity index is 1.07. The lowest BCUT2D eigenvalue weighted by molar-refractivity contribution is 0.101. The van der Waals surface area contributed by atoms with Crippen LogP contribution in [0.1, 0.15) is 20.7 Å². The summed E-state index contributed by atoms with van der Waals surface area (Å²) < 4.78 is 32.9. The molecule has 8 aromatic rings. The second-order valence-electron chi connectivity index (χ2n) is 15.1. The quantitative estimate of drug-likeness (QED) is 0.0716. The number of hydrogen-bond acceptors (Lipinski definition) is 14. The van der Waals surface area contributed by atoms with E-state index in [9.17, 15) is 19.8 Å². The number of phenolic OH excluding ortho intramolecular Hbond substituents is 2. The van der Waals surface area contributed by atoms with Crippen molar-refractivity contribution in [1.82, 2.24) is 0 Å². The van der Waals surface area contributed by atoms with Crippen LogP contribution in [-0.2, 0) is 0 Å². The number of fused-ring (bicyclic) bond motifs is 2. The predicted molar refractivity (Wildman–Crippen MR) is 270 cm³/mol. The number of amides is 2. The average molecular weight is 982 g/mol. The molecule has 0 spiro atoms. The third-order valence-electron chi connectivity index (χ3n) is 11.1. The molecule has 0 unspecified atom stereocenters. The molecule has 8 rings (SSSR count). The lowest BCUT2D eigenvalue weighted by Gasteiger charge is -2.15. The number of rotatable bonds is 15. The van der Waals surface area contributed by atoms with Gasteiger partial charge in [0.05, 0.1) is 75.2 Å². The normalized spacial score (nSPS) is 11.3. The monoisotopic (exact) mass is 980 g/mol. The first-order valence-corrected chi connectivity index (χ1v) is 21.8. The Bertz CT molecular complexity index is 3200. The van der Waals surface area contributed by atoms with Crippen LogP contribution >= 0.6 is 23.2 Å². The minimum absolute atomic E-state index is 0.0551. The van der Waals surface area contributed by atoms with E-state index in [1.807, 2.05) is 0 Å². The Labute approximate surface area is 410 Å². The maximum absolute atomic E-state index is 13.7. The Hall–Kier alpha value is -8.60. The number of carbonyl (C=O) groups excluding carboxylic acids is 2. The van der Waals surface area contributed by atoms with Crippen LogP contribution in [0.5, 0.6) is 46.0 Å². The van der Waals surface area contributed by atoms with Crippen LogP contribution in [0.3, 0.4) is 0 Å². The van der Waals surface area contributed by atoms with Gasteiger partial charge in [-0.2, -0.15) is 0 Å². The van der Waals surface area contributed by atoms with Gasteiger partial charge in [-0.25, -0.2) is 0 Å². The summed E-state index contributed by atoms with van der Waals surface area (Å²) in [7, 11) is 8.78. The molecule has 0 radical (unpaired) electrons. The van der Waals surface area contributed by atoms with Crippen molar-refractivity contribution in [2.24, 2.45) is 20.5 Å². The van der Waals surface area contributed by atoms with Gasteiger partial charge in [0.25, 0.3) is 11.8 Å². The van der Waals surface area contributed by atoms with Gasteiger partial charge in [0.2, 0.25) is 0 Å². The number of methoxy groups -OCH3 is 6. The van der Waals surface area contributed by atoms with E-state index in [1.165, 1.54) is 66.9 Å². The topological polar surface area (TPSA) is 203 Å². The van der Waals surface area contributed by atoms with Crippen molar-refractivity contribution >= 4 is 90.7 Å². The number of carbonyl (C=O) groups is 2. The molecule has 0 aliphatic rings. The molecular weight excluding hydrogens is 940 g/mol. The second-order valence-corrected chi connectivity index (χ2v) is 16.0. The summed E-state index contributed by atoms with van der Waals surface area (Å²) in [5, 5.41) is 49.3. The maximum atomic E-state index is 13.7. The fourth-order valence-corrected chi connectivity index (χ4v) is 8.05. The molecule has 0 fully saturated rings. The number of nitrogens with one attached hydrogen (secondary N) is 2. The van der Waals surface area contributed by atoms with E-state index in [0.717, 1.165) is 11.1 Å². The Morgan fingerprint density at radius 1 is 0.443 bits per heavy atom. The van der Waals surface area contributed by atoms with Crippen molar-refractivity contribution in [3.05, 3.63) is 142 Å². The molecule has 0 aliphatic carbocycles. The standard InChI is InChI=1S/C52H42Cl2N6O10/c1-65-41-25-45(69-5)39(23-35(41)53)55-51(63)33-19-29-11-7-9-13-31(29)47(49(33)61)59-57-37-17-15-27(21-43(37)67-3)28-16-18-38(44(22-28)68-4)58-60-48-32-14-10-8-12-30(32)20-34(50(48)62)52(64)56-40-24-36(54)42(66-2)26-46(40)70-6/h7-26,61-62H,1-6H3,(H,55,63)(H,56,64). The third kappa shape index (κ3) is 9.58. The van der Waals surface area contributed by atoms with Crippen LogP contribution in [0.4, 0.5) is 34.1 Å². The van der Waals surface area contributed by atoms with E-state index < -0.39 is 23.3 Å². The lowest BCUT2D eigenvalue weighted by Crippen LogP contribution is -2.13. The summed E-state index contributed by atoms with van der Waals surface area (Å²) in [5.41, 5.74) is 2.58. The van der Waals surface area contributed by atoms with Gasteiger partial charge in [-0.3, -0.25) is 9.59 Å². The van der Waals surface area contributed by atoms with E-state index in [1.54, 1.807) is 97.1 Å². The van der Waals surface area contributed by atoms with Crippen molar-refractivity contribution in [2.45, 2.75) is 0 Å². The van der Waals surface area contributed by atoms with Gasteiger partial charge in [0.1, 0.15) is 57.2 Å². The van der Waals surface area contributed by atoms with Gasteiger partial charge in [0.15, 0.2) is 11.5 Å². The molecule has 16 nitrogen and oxygen atoms in total. The molecule has 70 heavy (non-hydrogen) atoms. The van der Waals surface area contributed by atoms with Crippen LogP contribution in [-0.4, -0.2) is 64.7 Å². The van der Waals surface area contributed by atoms with Gasteiger partial charge >= 0.3 is 0 Å². The summed E-state index contributed by atoms with van der Waals surface area (Å²) in [6.07, 6.45) is 0. The molecule has 354 valence electrons. The molecule has 0 aromatic heterocycles. The number of azo groups is 2. The molecule has 2 amide bonds. The number of nitrogens with zero attached hydrogens (tertiary/aromatic N) is 4. The summed E-state index contributed by atoms with van der Waals surface area (Å²) in [6.45, 7) is 0. The molecule has 0 atom stereocenters. The molecule has 0 aliphatic heterocycles. The number of hydrogen-bond donors (Lipinski definition) is 4. The second kappa shape index (κ2) is 20.7. The van der Waals surface area contributed by atoms with E-state index >= 15 is 0 Å². The van der Waals surface area contributed by atoms with Crippen LogP contribution in [0.2, 0.25) is 10.0 Å². The zero-order valence-electron chi connectivity index (χ0n) is 38.3. The van der Waals surface area contributed by atoms with Crippen molar-refractivity contribution in [3.63, 3.8) is 0 Å². The van der Waals surface area contributed by atoms with Crippen LogP contribution < -0.4 is 39.1 Å². The zero-order chi connectivity index (χ0) is 49.6. The highest BCUT2D eigenvalue weighted by atomic mass is 35.5. The van der Waals surface area contributed by atoms with Crippen LogP contribution in [0.15, 0.2) is 142 Å². The largest absolute Gasteiger partial charge is 0.505 e. The van der Waals surface area contributed by atoms with Crippen molar-refractivity contribution in [3.8, 4) is 57.1 Å². The highest BCUT2D eigenvalue weighted by Gasteiger charge is 2.23. The maximum Gasteiger partial charge on any atom is 0.259 e. The Morgan fingerprint density at radius 2 is 0.814 bits per heavy atom. The number of anilines is 2. The van der Waals surface area contributed by atoms with Gasteiger partial charge in [0, 0.05) is 22.9 Å². The van der Waals surface area contributed by atoms with Crippen LogP contribution in [0.25, 0.3) is 32.7 Å². The zero-order valence-corrected chi connectivity index (χ0v) is 39.8. The van der Waals surface area contributed by atoms with Gasteiger partial charge in [-0.05, 0) is 70.4 Å². The minimum atomic E-state index is -0.649. The molecule has 0 bridgehead atoms. The molecule has 0 saturated carbocycles. The van der Waals surface area contributed by atoms with Crippen molar-refractivity contribution in [2.75, 3.05) is 53.3 Å². The minimum Gasteiger partial charge on any atom is -0.505 e. The number of halogens is 2. The van der Waals surface area contributed by atoms with Crippen molar-refractivity contribution < 1.29 is 48.2 Å². The summed E-state index contributed by atoms with van der Waals surface area (Å²) >= 11 is 12.7. The summed E-state index contributed by atoms with van der Waals surface area (Å²) in [5.74, 6) is -0.109. The van der Waals surface area contributed by atoms with E-state index in [4.69, 9.17) is 51.6 Å². The fourth-order valence-electron chi connectivity index (χ4n) is 7.57. The lowest BCUT2D eigenvalue weighted by atomic mass is 10.0. The Kier molecular flexibility index (Phi) is 14.2. The van der Waals surface area contributed by atoms with E-state index in [-0.39, 0.29) is 43.9 Å². The SMILES string of the molecule is COc1cc(OC)c(NC(=O)c2cc3ccccc3c(N=Nc3ccc(-c4ccc(N=Nc5c(O)c(C(=O)Nc6cc(Cl)c(OC)cc6OC)cc6ccccc56)c(OC)c4)cc3OC)c2O)cc1Cl. The van der Waals surface area contributed by atoms with Crippen LogP contribution in [0, 0.1) is 0 Å². The fraction of sp³-hybridized carbons (Fsp3) is 0.115. The first-order valence-electron chi connectivity index (χ1n) is 21.0. The first kappa shape index (κ1) is 47.9. The molecule has 0 saturated heterocycles. The number of benzene rings is 8. The molecule has 8 aromatic carbocycles. The molecule has 4 N–H and O–H groups in total. The van der Waals surface area contributed by atoms with Gasteiger partial charge in [-0.15, -0.1) is 20.5 Å². The third-order valence-corrected chi connectivity index (χ3v) is 11.7. The van der Waals surface area contributed by atoms with Gasteiger partial charge in [-0.1, -0.05) is 83.9 Å². The first-order chi connectivity index (χ1) is 33.9. The average Bonchev–Trinajstić information content (AvgIpc) is 3.37. The van der Waals surface area contributed by atoms with Gasteiger partial charge < -0.3 is 49.3 Å². The molecule has 0 heterocycles. The predicted octanol–water partition coefficient (Wildman–Crippen LogP) is 13.8. The molecule has 18 heteroatoms. The molecular formula is C52H42Cl2N6O10. The summed E-state index contributed by atoms with van der Waals surface area (Å²) in [6, 6.07) is 33.9. The number of phenols is 2. The summed E-state index contributed by atoms with van der Waals surface area (Å²) in [4.78, 5) is 27.4. The van der Waals surface area contributed by atoms with E-state index in [2.05, 4.69) is 31.1 Å². The number of aromatic hydroxyl groups is 2. The van der Waals surface area contributed by atoms with Crippen molar-refractivity contribution in [1.29, 1.82) is 0 Å². The van der Waals surface area contributed by atoms with E-state index in [0.29, 0.717) is 67.4 Å². The highest BCUT2D eigenvalue weighted by molar-refractivity contribution is 6.33. The Morgan fingerprint density at radius 3 is 1.19 bits per heavy atom. The smallest absolute Gasteiger partial charge is 0.259 e. The number of ether oxygens (including phenoxy) is 6.